The molecule has 2 aliphatic heterocycles. The third-order valence-electron chi connectivity index (χ3n) is 3.19. The number of nitrogens with one attached hydrogen (secondary N) is 2. The molecule has 0 spiro atoms. The van der Waals surface area contributed by atoms with Gasteiger partial charge in [-0.15, -0.1) is 0 Å². The van der Waals surface area contributed by atoms with Gasteiger partial charge in [0.25, 0.3) is 0 Å². The number of rotatable bonds is 3. The van der Waals surface area contributed by atoms with Crippen LogP contribution in [0.5, 0.6) is 0 Å². The number of guanidine groups is 1. The summed E-state index contributed by atoms with van der Waals surface area (Å²) in [4.78, 5) is 6.83. The van der Waals surface area contributed by atoms with Crippen molar-refractivity contribution in [3.63, 3.8) is 0 Å². The van der Waals surface area contributed by atoms with Crippen LogP contribution in [-0.2, 0) is 0 Å². The zero-order valence-electron chi connectivity index (χ0n) is 9.63. The average Bonchev–Trinajstić information content (AvgIpc) is 2.81. The molecule has 2 rings (SSSR count). The van der Waals surface area contributed by atoms with Crippen molar-refractivity contribution in [1.29, 1.82) is 0 Å². The van der Waals surface area contributed by atoms with E-state index >= 15 is 0 Å². The Morgan fingerprint density at radius 2 is 2.33 bits per heavy atom. The fourth-order valence-corrected chi connectivity index (χ4v) is 2.31. The van der Waals surface area contributed by atoms with Crippen molar-refractivity contribution >= 4 is 5.96 Å². The van der Waals surface area contributed by atoms with Gasteiger partial charge in [-0.25, -0.2) is 0 Å². The van der Waals surface area contributed by atoms with Crippen LogP contribution in [0.2, 0.25) is 0 Å². The summed E-state index contributed by atoms with van der Waals surface area (Å²) in [6.45, 7) is 7.47. The maximum Gasteiger partial charge on any atom is 0.194 e. The Hall–Kier alpha value is -0.770. The average molecular weight is 210 g/mol. The maximum absolute atomic E-state index is 4.48. The Labute approximate surface area is 92.1 Å². The lowest BCUT2D eigenvalue weighted by Crippen LogP contribution is -2.48. The van der Waals surface area contributed by atoms with E-state index in [-0.39, 0.29) is 0 Å². The first-order chi connectivity index (χ1) is 7.40. The Balaban J connectivity index is 1.83. The van der Waals surface area contributed by atoms with Crippen LogP contribution in [0, 0.1) is 0 Å². The van der Waals surface area contributed by atoms with Crippen LogP contribution in [-0.4, -0.2) is 49.6 Å². The first-order valence-electron chi connectivity index (χ1n) is 6.17. The highest BCUT2D eigenvalue weighted by atomic mass is 15.3. The summed E-state index contributed by atoms with van der Waals surface area (Å²) in [6, 6.07) is 0.656. The van der Waals surface area contributed by atoms with Gasteiger partial charge in [0.2, 0.25) is 0 Å². The predicted molar refractivity (Wildman–Crippen MR) is 63.2 cm³/mol. The molecule has 1 atom stereocenters. The van der Waals surface area contributed by atoms with Gasteiger partial charge >= 0.3 is 0 Å². The minimum atomic E-state index is 0.656. The van der Waals surface area contributed by atoms with Gasteiger partial charge in [0.05, 0.1) is 6.54 Å². The highest BCUT2D eigenvalue weighted by Crippen LogP contribution is 2.09. The van der Waals surface area contributed by atoms with Crippen LogP contribution in [0.15, 0.2) is 4.99 Å². The van der Waals surface area contributed by atoms with Gasteiger partial charge in [-0.05, 0) is 26.3 Å². The van der Waals surface area contributed by atoms with Gasteiger partial charge in [0.1, 0.15) is 0 Å². The molecule has 0 saturated carbocycles. The second kappa shape index (κ2) is 5.35. The van der Waals surface area contributed by atoms with Gasteiger partial charge < -0.3 is 15.5 Å². The fraction of sp³-hybridized carbons (Fsp3) is 0.909. The lowest BCUT2D eigenvalue weighted by molar-refractivity contribution is 0.311. The molecule has 0 amide bonds. The molecule has 86 valence electrons. The molecule has 0 aromatic heterocycles. The van der Waals surface area contributed by atoms with Gasteiger partial charge in [-0.2, -0.15) is 0 Å². The van der Waals surface area contributed by atoms with E-state index in [1.54, 1.807) is 0 Å². The number of piperidine rings is 1. The molecule has 2 heterocycles. The molecule has 2 aliphatic rings. The normalized spacial score (nSPS) is 25.9. The van der Waals surface area contributed by atoms with Crippen LogP contribution in [0.25, 0.3) is 0 Å². The molecule has 4 heteroatoms. The molecule has 0 aromatic carbocycles. The van der Waals surface area contributed by atoms with Gasteiger partial charge in [0.15, 0.2) is 5.96 Å². The third kappa shape index (κ3) is 2.84. The molecule has 0 aliphatic carbocycles. The molecule has 15 heavy (non-hydrogen) atoms. The van der Waals surface area contributed by atoms with E-state index in [1.807, 2.05) is 0 Å². The van der Waals surface area contributed by atoms with E-state index in [2.05, 4.69) is 27.4 Å². The van der Waals surface area contributed by atoms with Crippen molar-refractivity contribution in [3.8, 4) is 0 Å². The Morgan fingerprint density at radius 1 is 1.40 bits per heavy atom. The van der Waals surface area contributed by atoms with Crippen LogP contribution >= 0.6 is 0 Å². The molecule has 1 fully saturated rings. The van der Waals surface area contributed by atoms with E-state index in [0.717, 1.165) is 32.1 Å². The summed E-state index contributed by atoms with van der Waals surface area (Å²) < 4.78 is 0. The topological polar surface area (TPSA) is 39.7 Å². The quantitative estimate of drug-likeness (QED) is 0.709. The van der Waals surface area contributed by atoms with Crippen molar-refractivity contribution in [3.05, 3.63) is 0 Å². The molecule has 4 nitrogen and oxygen atoms in total. The monoisotopic (exact) mass is 210 g/mol. The smallest absolute Gasteiger partial charge is 0.194 e. The summed E-state index contributed by atoms with van der Waals surface area (Å²) in [5, 5.41) is 6.93. The predicted octanol–water partition coefficient (Wildman–Crippen LogP) is 0.410. The van der Waals surface area contributed by atoms with Gasteiger partial charge in [-0.3, -0.25) is 4.99 Å². The van der Waals surface area contributed by atoms with Gasteiger partial charge in [-0.1, -0.05) is 6.42 Å². The lowest BCUT2D eigenvalue weighted by atomic mass is 10.0. The molecular weight excluding hydrogens is 188 g/mol. The minimum Gasteiger partial charge on any atom is -0.354 e. The molecule has 0 aromatic rings. The van der Waals surface area contributed by atoms with Crippen LogP contribution in [0.4, 0.5) is 0 Å². The molecule has 1 unspecified atom stereocenters. The molecule has 0 radical (unpaired) electrons. The summed E-state index contributed by atoms with van der Waals surface area (Å²) in [6.07, 6.45) is 4.01. The summed E-state index contributed by atoms with van der Waals surface area (Å²) in [7, 11) is 0. The van der Waals surface area contributed by atoms with Crippen LogP contribution in [0.3, 0.4) is 0 Å². The summed E-state index contributed by atoms with van der Waals surface area (Å²) in [5.74, 6) is 1.10. The van der Waals surface area contributed by atoms with E-state index < -0.39 is 0 Å². The molecule has 0 bridgehead atoms. The van der Waals surface area contributed by atoms with Crippen LogP contribution in [0.1, 0.15) is 26.2 Å². The summed E-state index contributed by atoms with van der Waals surface area (Å²) >= 11 is 0. The van der Waals surface area contributed by atoms with Crippen molar-refractivity contribution in [2.45, 2.75) is 32.2 Å². The van der Waals surface area contributed by atoms with E-state index in [0.29, 0.717) is 6.04 Å². The van der Waals surface area contributed by atoms with E-state index in [9.17, 15) is 0 Å². The standard InChI is InChI=1S/C11H22N4/c1-2-15(11-13-7-8-14-11)9-10-5-3-4-6-12-10/h10,12H,2-9H2,1H3,(H,13,14). The molecule has 2 N–H and O–H groups in total. The number of hydrogen-bond acceptors (Lipinski definition) is 4. The first kappa shape index (κ1) is 10.7. The number of aliphatic imine (C=N–C) groups is 1. The van der Waals surface area contributed by atoms with Crippen molar-refractivity contribution in [2.24, 2.45) is 4.99 Å². The highest BCUT2D eigenvalue weighted by Gasteiger charge is 2.19. The molecular formula is C11H22N4. The fourth-order valence-electron chi connectivity index (χ4n) is 2.31. The first-order valence-corrected chi connectivity index (χ1v) is 6.17. The number of hydrogen-bond donors (Lipinski definition) is 2. The SMILES string of the molecule is CCN(CC1CCCCN1)C1=NCCN1. The summed E-state index contributed by atoms with van der Waals surface area (Å²) in [5.41, 5.74) is 0. The zero-order valence-corrected chi connectivity index (χ0v) is 9.63. The zero-order chi connectivity index (χ0) is 10.5. The largest absolute Gasteiger partial charge is 0.354 e. The minimum absolute atomic E-state index is 0.656. The van der Waals surface area contributed by atoms with Gasteiger partial charge in [0, 0.05) is 25.7 Å². The number of likely N-dealkylation sites (N-methyl/N-ethyl adjacent to an activating group) is 1. The Kier molecular flexibility index (Phi) is 3.83. The van der Waals surface area contributed by atoms with E-state index in [1.165, 1.54) is 25.8 Å². The maximum atomic E-state index is 4.48. The third-order valence-corrected chi connectivity index (χ3v) is 3.19. The van der Waals surface area contributed by atoms with Crippen LogP contribution < -0.4 is 10.6 Å². The molecule has 1 saturated heterocycles. The number of nitrogens with zero attached hydrogens (tertiary/aromatic N) is 2. The van der Waals surface area contributed by atoms with Crippen molar-refractivity contribution < 1.29 is 0 Å². The van der Waals surface area contributed by atoms with Crippen molar-refractivity contribution in [1.82, 2.24) is 15.5 Å². The highest BCUT2D eigenvalue weighted by molar-refractivity contribution is 5.81. The Morgan fingerprint density at radius 3 is 2.93 bits per heavy atom. The lowest BCUT2D eigenvalue weighted by Gasteiger charge is -2.30. The second-order valence-corrected chi connectivity index (χ2v) is 4.32. The Bertz CT molecular complexity index is 221. The second-order valence-electron chi connectivity index (χ2n) is 4.32. The van der Waals surface area contributed by atoms with Crippen molar-refractivity contribution in [2.75, 3.05) is 32.7 Å². The van der Waals surface area contributed by atoms with E-state index in [4.69, 9.17) is 0 Å².